The van der Waals surface area contributed by atoms with Gasteiger partial charge in [-0.25, -0.2) is 0 Å². The van der Waals surface area contributed by atoms with Crippen LogP contribution in [0.5, 0.6) is 0 Å². The van der Waals surface area contributed by atoms with Gasteiger partial charge in [-0.1, -0.05) is 50.3 Å². The molecular weight excluding hydrogens is 168 g/mol. The van der Waals surface area contributed by atoms with Crippen LogP contribution >= 0.6 is 0 Å². The highest BCUT2D eigenvalue weighted by Crippen LogP contribution is 2.08. The summed E-state index contributed by atoms with van der Waals surface area (Å²) in [4.78, 5) is 0. The van der Waals surface area contributed by atoms with Gasteiger partial charge in [-0.15, -0.1) is 0 Å². The van der Waals surface area contributed by atoms with Gasteiger partial charge in [-0.2, -0.15) is 0 Å². The van der Waals surface area contributed by atoms with Gasteiger partial charge in [0, 0.05) is 0 Å². The Labute approximate surface area is 89.7 Å². The molecule has 0 fully saturated rings. The van der Waals surface area contributed by atoms with Crippen LogP contribution in [-0.4, -0.2) is 0 Å². The predicted octanol–water partition coefficient (Wildman–Crippen LogP) is 5.06. The Morgan fingerprint density at radius 3 is 1.57 bits per heavy atom. The molecule has 0 atom stereocenters. The van der Waals surface area contributed by atoms with E-state index in [1.165, 1.54) is 16.7 Å². The first-order valence-electron chi connectivity index (χ1n) is 5.19. The van der Waals surface area contributed by atoms with Crippen molar-refractivity contribution >= 4 is 0 Å². The van der Waals surface area contributed by atoms with Crippen LogP contribution in [0.2, 0.25) is 0 Å². The van der Waals surface area contributed by atoms with Crippen molar-refractivity contribution in [3.63, 3.8) is 0 Å². The molecule has 0 aromatic rings. The largest absolute Gasteiger partial charge is 0.0991 e. The SMILES string of the molecule is C=C/C=C(C)/C(C)=C/C=C(C)C.CC. The quantitative estimate of drug-likeness (QED) is 0.548. The van der Waals surface area contributed by atoms with Crippen molar-refractivity contribution in [2.24, 2.45) is 0 Å². The van der Waals surface area contributed by atoms with E-state index in [9.17, 15) is 0 Å². The van der Waals surface area contributed by atoms with Gasteiger partial charge in [0.05, 0.1) is 0 Å². The maximum absolute atomic E-state index is 3.66. The first-order chi connectivity index (χ1) is 6.57. The van der Waals surface area contributed by atoms with E-state index in [-0.39, 0.29) is 0 Å². The van der Waals surface area contributed by atoms with E-state index < -0.39 is 0 Å². The molecule has 0 aliphatic heterocycles. The van der Waals surface area contributed by atoms with Crippen LogP contribution < -0.4 is 0 Å². The van der Waals surface area contributed by atoms with Crippen LogP contribution in [0.1, 0.15) is 41.5 Å². The van der Waals surface area contributed by atoms with E-state index in [4.69, 9.17) is 0 Å². The maximum atomic E-state index is 3.66. The number of rotatable bonds is 3. The third-order valence-corrected chi connectivity index (χ3v) is 1.66. The average Bonchev–Trinajstić information content (AvgIpc) is 2.17. The lowest BCUT2D eigenvalue weighted by Crippen LogP contribution is -1.77. The minimum absolute atomic E-state index is 1.27. The Hall–Kier alpha value is -1.04. The van der Waals surface area contributed by atoms with Crippen molar-refractivity contribution in [2.75, 3.05) is 0 Å². The molecular formula is C14H24. The van der Waals surface area contributed by atoms with Gasteiger partial charge in [-0.05, 0) is 38.8 Å². The fraction of sp³-hybridized carbons (Fsp3) is 0.429. The van der Waals surface area contributed by atoms with Gasteiger partial charge in [0.2, 0.25) is 0 Å². The highest BCUT2D eigenvalue weighted by molar-refractivity contribution is 5.33. The minimum Gasteiger partial charge on any atom is -0.0991 e. The summed E-state index contributed by atoms with van der Waals surface area (Å²) >= 11 is 0. The zero-order chi connectivity index (χ0) is 11.6. The number of allylic oxidation sites excluding steroid dienone is 7. The summed E-state index contributed by atoms with van der Waals surface area (Å²) in [5.74, 6) is 0. The molecule has 0 aromatic heterocycles. The van der Waals surface area contributed by atoms with Crippen molar-refractivity contribution in [1.82, 2.24) is 0 Å². The lowest BCUT2D eigenvalue weighted by Gasteiger charge is -1.97. The lowest BCUT2D eigenvalue weighted by molar-refractivity contribution is 1.33. The van der Waals surface area contributed by atoms with E-state index >= 15 is 0 Å². The molecule has 14 heavy (non-hydrogen) atoms. The summed E-state index contributed by atoms with van der Waals surface area (Å²) in [6.07, 6.45) is 8.08. The zero-order valence-electron chi connectivity index (χ0n) is 10.5. The van der Waals surface area contributed by atoms with Crippen LogP contribution in [0.4, 0.5) is 0 Å². The molecule has 80 valence electrons. The van der Waals surface area contributed by atoms with Crippen LogP contribution in [-0.2, 0) is 0 Å². The van der Waals surface area contributed by atoms with Gasteiger partial charge >= 0.3 is 0 Å². The Kier molecular flexibility index (Phi) is 11.1. The van der Waals surface area contributed by atoms with E-state index in [2.05, 4.69) is 46.4 Å². The van der Waals surface area contributed by atoms with Crippen LogP contribution in [0.3, 0.4) is 0 Å². The second kappa shape index (κ2) is 10.0. The molecule has 0 heterocycles. The van der Waals surface area contributed by atoms with E-state index in [1.807, 2.05) is 26.0 Å². The fourth-order valence-corrected chi connectivity index (χ4v) is 0.731. The summed E-state index contributed by atoms with van der Waals surface area (Å²) in [6.45, 7) is 16.0. The number of hydrogen-bond acceptors (Lipinski definition) is 0. The second-order valence-corrected chi connectivity index (χ2v) is 3.18. The molecule has 0 unspecified atom stereocenters. The normalized spacial score (nSPS) is 11.3. The van der Waals surface area contributed by atoms with Gasteiger partial charge in [0.25, 0.3) is 0 Å². The molecule has 0 nitrogen and oxygen atoms in total. The maximum Gasteiger partial charge on any atom is -0.0395 e. The minimum atomic E-state index is 1.27. The van der Waals surface area contributed by atoms with Gasteiger partial charge < -0.3 is 0 Å². The monoisotopic (exact) mass is 192 g/mol. The van der Waals surface area contributed by atoms with Crippen molar-refractivity contribution in [1.29, 1.82) is 0 Å². The first kappa shape index (κ1) is 15.4. The Morgan fingerprint density at radius 1 is 0.786 bits per heavy atom. The van der Waals surface area contributed by atoms with Crippen molar-refractivity contribution in [2.45, 2.75) is 41.5 Å². The third kappa shape index (κ3) is 9.05. The second-order valence-electron chi connectivity index (χ2n) is 3.18. The Bertz CT molecular complexity index is 233. The highest BCUT2D eigenvalue weighted by Gasteiger charge is 1.88. The van der Waals surface area contributed by atoms with E-state index in [1.54, 1.807) is 0 Å². The summed E-state index contributed by atoms with van der Waals surface area (Å²) in [7, 11) is 0. The molecule has 0 radical (unpaired) electrons. The van der Waals surface area contributed by atoms with Gasteiger partial charge in [-0.3, -0.25) is 0 Å². The molecule has 0 aromatic carbocycles. The molecule has 0 heteroatoms. The zero-order valence-corrected chi connectivity index (χ0v) is 10.5. The van der Waals surface area contributed by atoms with Gasteiger partial charge in [0.15, 0.2) is 0 Å². The topological polar surface area (TPSA) is 0 Å². The molecule has 0 rings (SSSR count). The smallest absolute Gasteiger partial charge is 0.0395 e. The Morgan fingerprint density at radius 2 is 1.21 bits per heavy atom. The van der Waals surface area contributed by atoms with Crippen molar-refractivity contribution in [3.05, 3.63) is 47.6 Å². The predicted molar refractivity (Wildman–Crippen MR) is 68.5 cm³/mol. The molecule has 0 aliphatic rings. The summed E-state index contributed by atoms with van der Waals surface area (Å²) in [6, 6.07) is 0. The third-order valence-electron chi connectivity index (χ3n) is 1.66. The Balaban J connectivity index is 0. The summed E-state index contributed by atoms with van der Waals surface area (Å²) in [5, 5.41) is 0. The fourth-order valence-electron chi connectivity index (χ4n) is 0.731. The first-order valence-corrected chi connectivity index (χ1v) is 5.19. The standard InChI is InChI=1S/C12H18.C2H6/c1-6-7-11(4)12(5)9-8-10(2)3;1-2/h6-9H,1H2,2-5H3;1-2H3/b11-7+,12-9+;. The molecule has 0 bridgehead atoms. The molecule has 0 aliphatic carbocycles. The van der Waals surface area contributed by atoms with Crippen LogP contribution in [0.15, 0.2) is 47.6 Å². The molecule has 0 amide bonds. The van der Waals surface area contributed by atoms with E-state index in [0.717, 1.165) is 0 Å². The van der Waals surface area contributed by atoms with Crippen molar-refractivity contribution < 1.29 is 0 Å². The highest BCUT2D eigenvalue weighted by atomic mass is 13.9. The van der Waals surface area contributed by atoms with Gasteiger partial charge in [0.1, 0.15) is 0 Å². The number of hydrogen-bond donors (Lipinski definition) is 0. The molecule has 0 N–H and O–H groups in total. The molecule has 0 saturated heterocycles. The average molecular weight is 192 g/mol. The van der Waals surface area contributed by atoms with E-state index in [0.29, 0.717) is 0 Å². The van der Waals surface area contributed by atoms with Crippen LogP contribution in [0, 0.1) is 0 Å². The summed E-state index contributed by atoms with van der Waals surface area (Å²) in [5.41, 5.74) is 3.87. The molecule has 0 saturated carbocycles. The molecule has 0 spiro atoms. The van der Waals surface area contributed by atoms with Crippen molar-refractivity contribution in [3.8, 4) is 0 Å². The lowest BCUT2D eigenvalue weighted by atomic mass is 10.1. The summed E-state index contributed by atoms with van der Waals surface area (Å²) < 4.78 is 0. The van der Waals surface area contributed by atoms with Crippen LogP contribution in [0.25, 0.3) is 0 Å².